The average molecular weight is 374 g/mol. The lowest BCUT2D eigenvalue weighted by Crippen LogP contribution is -2.43. The van der Waals surface area contributed by atoms with Crippen LogP contribution in [-0.4, -0.2) is 35.9 Å². The minimum Gasteiger partial charge on any atom is -0.445 e. The Kier molecular flexibility index (Phi) is 5.69. The number of benzene rings is 2. The number of hydrogen-bond donors (Lipinski definition) is 1. The molecule has 0 radical (unpaired) electrons. The zero-order valence-electron chi connectivity index (χ0n) is 14.6. The van der Waals surface area contributed by atoms with Gasteiger partial charge < -0.3 is 15.0 Å². The number of ether oxygens (including phenoxy) is 1. The van der Waals surface area contributed by atoms with Gasteiger partial charge in [0.15, 0.2) is 0 Å². The molecule has 1 saturated heterocycles. The lowest BCUT2D eigenvalue weighted by molar-refractivity contribution is -0.134. The summed E-state index contributed by atoms with van der Waals surface area (Å²) in [5.74, 6) is -3.47. The van der Waals surface area contributed by atoms with Gasteiger partial charge in [0.1, 0.15) is 12.6 Å². The monoisotopic (exact) mass is 374 g/mol. The fraction of sp³-hybridized carbons (Fsp3) is 0.300. The SMILES string of the molecule is O=C(N[C@H](C(=O)N1CCC(F)(F)C1)c1ccccc1)OCc1ccccc1. The van der Waals surface area contributed by atoms with Gasteiger partial charge in [0.25, 0.3) is 5.92 Å². The quantitative estimate of drug-likeness (QED) is 0.871. The van der Waals surface area contributed by atoms with Crippen molar-refractivity contribution in [2.45, 2.75) is 25.0 Å². The predicted molar refractivity (Wildman–Crippen MR) is 95.1 cm³/mol. The second-order valence-electron chi connectivity index (χ2n) is 6.42. The molecule has 1 aliphatic rings. The Hall–Kier alpha value is -2.96. The van der Waals surface area contributed by atoms with Gasteiger partial charge in [0.05, 0.1) is 6.54 Å². The zero-order chi connectivity index (χ0) is 19.3. The normalized spacial score (nSPS) is 16.6. The first-order valence-electron chi connectivity index (χ1n) is 8.63. The second kappa shape index (κ2) is 8.16. The maximum absolute atomic E-state index is 13.5. The summed E-state index contributed by atoms with van der Waals surface area (Å²) in [6.45, 7) is -0.643. The Labute approximate surface area is 155 Å². The topological polar surface area (TPSA) is 58.6 Å². The Balaban J connectivity index is 1.69. The minimum atomic E-state index is -2.90. The van der Waals surface area contributed by atoms with E-state index < -0.39 is 30.5 Å². The highest BCUT2D eigenvalue weighted by molar-refractivity contribution is 5.87. The van der Waals surface area contributed by atoms with E-state index in [1.807, 2.05) is 18.2 Å². The number of alkyl halides is 2. The first-order chi connectivity index (χ1) is 12.9. The zero-order valence-corrected chi connectivity index (χ0v) is 14.6. The second-order valence-corrected chi connectivity index (χ2v) is 6.42. The highest BCUT2D eigenvalue weighted by Crippen LogP contribution is 2.29. The van der Waals surface area contributed by atoms with Gasteiger partial charge in [-0.25, -0.2) is 13.6 Å². The summed E-state index contributed by atoms with van der Waals surface area (Å²) in [6, 6.07) is 16.5. The maximum Gasteiger partial charge on any atom is 0.408 e. The molecule has 7 heteroatoms. The van der Waals surface area contributed by atoms with E-state index in [1.165, 1.54) is 0 Å². The van der Waals surface area contributed by atoms with Crippen molar-refractivity contribution >= 4 is 12.0 Å². The van der Waals surface area contributed by atoms with Crippen LogP contribution in [0.4, 0.5) is 13.6 Å². The molecule has 1 fully saturated rings. The Morgan fingerprint density at radius 1 is 1.07 bits per heavy atom. The van der Waals surface area contributed by atoms with Crippen molar-refractivity contribution in [3.63, 3.8) is 0 Å². The van der Waals surface area contributed by atoms with Crippen LogP contribution in [0.1, 0.15) is 23.6 Å². The van der Waals surface area contributed by atoms with Crippen LogP contribution in [0.15, 0.2) is 60.7 Å². The van der Waals surface area contributed by atoms with Gasteiger partial charge in [-0.05, 0) is 11.1 Å². The third-order valence-electron chi connectivity index (χ3n) is 4.34. The Morgan fingerprint density at radius 2 is 1.70 bits per heavy atom. The summed E-state index contributed by atoms with van der Waals surface area (Å²) >= 11 is 0. The standard InChI is InChI=1S/C20H20F2N2O3/c21-20(22)11-12-24(14-20)18(25)17(16-9-5-2-6-10-16)23-19(26)27-13-15-7-3-1-4-8-15/h1-10,17H,11-14H2,(H,23,26)/t17-/m0/s1. The summed E-state index contributed by atoms with van der Waals surface area (Å²) in [6.07, 6.45) is -1.16. The summed E-state index contributed by atoms with van der Waals surface area (Å²) in [4.78, 5) is 26.0. The van der Waals surface area contributed by atoms with Crippen LogP contribution in [0.5, 0.6) is 0 Å². The van der Waals surface area contributed by atoms with E-state index in [1.54, 1.807) is 42.5 Å². The van der Waals surface area contributed by atoms with E-state index >= 15 is 0 Å². The average Bonchev–Trinajstić information content (AvgIpc) is 3.05. The van der Waals surface area contributed by atoms with Crippen molar-refractivity contribution in [3.05, 3.63) is 71.8 Å². The van der Waals surface area contributed by atoms with Crippen molar-refractivity contribution in [3.8, 4) is 0 Å². The number of amides is 2. The van der Waals surface area contributed by atoms with E-state index in [2.05, 4.69) is 5.32 Å². The largest absolute Gasteiger partial charge is 0.445 e. The van der Waals surface area contributed by atoms with Crippen LogP contribution in [-0.2, 0) is 16.1 Å². The molecule has 0 bridgehead atoms. The number of carbonyl (C=O) groups is 2. The molecule has 0 aromatic heterocycles. The van der Waals surface area contributed by atoms with E-state index in [-0.39, 0.29) is 19.6 Å². The third-order valence-corrected chi connectivity index (χ3v) is 4.34. The molecular formula is C20H20F2N2O3. The summed E-state index contributed by atoms with van der Waals surface area (Å²) in [7, 11) is 0. The number of hydrogen-bond acceptors (Lipinski definition) is 3. The number of halogens is 2. The molecule has 0 unspecified atom stereocenters. The van der Waals surface area contributed by atoms with Crippen LogP contribution < -0.4 is 5.32 Å². The van der Waals surface area contributed by atoms with Gasteiger partial charge in [-0.3, -0.25) is 4.79 Å². The van der Waals surface area contributed by atoms with Gasteiger partial charge in [0, 0.05) is 13.0 Å². The van der Waals surface area contributed by atoms with Gasteiger partial charge in [-0.15, -0.1) is 0 Å². The van der Waals surface area contributed by atoms with Crippen LogP contribution in [0.25, 0.3) is 0 Å². The van der Waals surface area contributed by atoms with Crippen LogP contribution in [0, 0.1) is 0 Å². The number of alkyl carbamates (subject to hydrolysis) is 1. The van der Waals surface area contributed by atoms with Crippen molar-refractivity contribution in [1.29, 1.82) is 0 Å². The van der Waals surface area contributed by atoms with E-state index in [0.29, 0.717) is 5.56 Å². The highest BCUT2D eigenvalue weighted by Gasteiger charge is 2.42. The first kappa shape index (κ1) is 18.8. The molecule has 27 heavy (non-hydrogen) atoms. The van der Waals surface area contributed by atoms with Gasteiger partial charge in [-0.2, -0.15) is 0 Å². The lowest BCUT2D eigenvalue weighted by Gasteiger charge is -2.24. The number of nitrogens with zero attached hydrogens (tertiary/aromatic N) is 1. The van der Waals surface area contributed by atoms with Gasteiger partial charge in [-0.1, -0.05) is 60.7 Å². The minimum absolute atomic E-state index is 0.0457. The first-order valence-corrected chi connectivity index (χ1v) is 8.63. The van der Waals surface area contributed by atoms with Crippen molar-refractivity contribution in [2.24, 2.45) is 0 Å². The maximum atomic E-state index is 13.5. The fourth-order valence-corrected chi connectivity index (χ4v) is 2.92. The van der Waals surface area contributed by atoms with Crippen molar-refractivity contribution in [1.82, 2.24) is 10.2 Å². The number of rotatable bonds is 5. The molecule has 2 aromatic rings. The molecule has 1 N–H and O–H groups in total. The number of nitrogens with one attached hydrogen (secondary N) is 1. The van der Waals surface area contributed by atoms with E-state index in [4.69, 9.17) is 4.74 Å². The lowest BCUT2D eigenvalue weighted by atomic mass is 10.1. The van der Waals surface area contributed by atoms with Gasteiger partial charge in [0.2, 0.25) is 5.91 Å². The van der Waals surface area contributed by atoms with Crippen molar-refractivity contribution in [2.75, 3.05) is 13.1 Å². The molecule has 1 heterocycles. The Bertz CT molecular complexity index is 784. The number of likely N-dealkylation sites (tertiary alicyclic amines) is 1. The number of carbonyl (C=O) groups excluding carboxylic acids is 2. The molecule has 1 aliphatic heterocycles. The van der Waals surface area contributed by atoms with Crippen molar-refractivity contribution < 1.29 is 23.1 Å². The molecule has 0 spiro atoms. The van der Waals surface area contributed by atoms with Crippen LogP contribution >= 0.6 is 0 Å². The molecular weight excluding hydrogens is 354 g/mol. The van der Waals surface area contributed by atoms with E-state index in [0.717, 1.165) is 10.5 Å². The third kappa shape index (κ3) is 5.03. The molecule has 2 amide bonds. The van der Waals surface area contributed by atoms with Crippen LogP contribution in [0.2, 0.25) is 0 Å². The molecule has 142 valence electrons. The smallest absolute Gasteiger partial charge is 0.408 e. The predicted octanol–water partition coefficient (Wildman–Crippen LogP) is 3.52. The molecule has 3 rings (SSSR count). The summed E-state index contributed by atoms with van der Waals surface area (Å²) in [5, 5.41) is 2.51. The molecule has 0 saturated carbocycles. The summed E-state index contributed by atoms with van der Waals surface area (Å²) < 4.78 is 32.1. The fourth-order valence-electron chi connectivity index (χ4n) is 2.92. The Morgan fingerprint density at radius 3 is 2.30 bits per heavy atom. The van der Waals surface area contributed by atoms with Crippen LogP contribution in [0.3, 0.4) is 0 Å². The van der Waals surface area contributed by atoms with Gasteiger partial charge >= 0.3 is 6.09 Å². The molecule has 2 aromatic carbocycles. The van der Waals surface area contributed by atoms with E-state index in [9.17, 15) is 18.4 Å². The summed E-state index contributed by atoms with van der Waals surface area (Å²) in [5.41, 5.74) is 1.31. The highest BCUT2D eigenvalue weighted by atomic mass is 19.3. The molecule has 1 atom stereocenters. The molecule has 5 nitrogen and oxygen atoms in total. The molecule has 0 aliphatic carbocycles.